The molecule has 0 radical (unpaired) electrons. The first-order valence-corrected chi connectivity index (χ1v) is 12.7. The molecule has 0 bridgehead atoms. The molecule has 0 unspecified atom stereocenters. The highest BCUT2D eigenvalue weighted by Gasteiger charge is 2.27. The van der Waals surface area contributed by atoms with Crippen molar-refractivity contribution in [1.82, 2.24) is 20.1 Å². The number of rotatable bonds is 10. The van der Waals surface area contributed by atoms with E-state index in [-0.39, 0.29) is 23.5 Å². The molecule has 0 aliphatic heterocycles. The number of aryl methyl sites for hydroxylation is 1. The van der Waals surface area contributed by atoms with E-state index in [0.29, 0.717) is 38.8 Å². The Morgan fingerprint density at radius 3 is 2.54 bits per heavy atom. The van der Waals surface area contributed by atoms with Crippen molar-refractivity contribution in [3.63, 3.8) is 0 Å². The standard InChI is InChI=1S/C25H27Cl2N5O2S/c1-5-12-32-23(22(15(2)3)29-24(34)18-8-6-7-9-19(18)26)30-31-25(32)35-14-21(33)28-17-11-10-16(4)20(27)13-17/h5-11,13,15,22H,1,12,14H2,2-4H3,(H,28,33)(H,29,34)/t22-/m1/s1. The SMILES string of the molecule is C=CCn1c(SCC(=O)Nc2ccc(C)c(Cl)c2)nnc1[C@H](NC(=O)c1ccccc1Cl)C(C)C. The number of thioether (sulfide) groups is 1. The number of allylic oxidation sites excluding steroid dienone is 1. The molecule has 7 nitrogen and oxygen atoms in total. The maximum atomic E-state index is 12.9. The fraction of sp³-hybridized carbons (Fsp3) is 0.280. The van der Waals surface area contributed by atoms with Gasteiger partial charge in [-0.25, -0.2) is 0 Å². The number of hydrogen-bond donors (Lipinski definition) is 2. The molecule has 2 aromatic carbocycles. The lowest BCUT2D eigenvalue weighted by Crippen LogP contribution is -2.34. The summed E-state index contributed by atoms with van der Waals surface area (Å²) in [6.07, 6.45) is 1.72. The van der Waals surface area contributed by atoms with E-state index in [1.54, 1.807) is 42.5 Å². The van der Waals surface area contributed by atoms with E-state index in [9.17, 15) is 9.59 Å². The third kappa shape index (κ3) is 6.87. The largest absolute Gasteiger partial charge is 0.342 e. The number of anilines is 1. The van der Waals surface area contributed by atoms with Crippen molar-refractivity contribution >= 4 is 52.5 Å². The summed E-state index contributed by atoms with van der Waals surface area (Å²) in [4.78, 5) is 25.4. The lowest BCUT2D eigenvalue weighted by molar-refractivity contribution is -0.113. The van der Waals surface area contributed by atoms with Crippen LogP contribution in [0.4, 0.5) is 5.69 Å². The second kappa shape index (κ2) is 12.2. The third-order valence-electron chi connectivity index (χ3n) is 5.19. The Bertz CT molecular complexity index is 1230. The monoisotopic (exact) mass is 531 g/mol. The average molecular weight is 532 g/mol. The van der Waals surface area contributed by atoms with E-state index >= 15 is 0 Å². The second-order valence-electron chi connectivity index (χ2n) is 8.22. The number of carbonyl (C=O) groups is 2. The van der Waals surface area contributed by atoms with E-state index in [1.165, 1.54) is 11.8 Å². The molecule has 2 amide bonds. The molecule has 1 heterocycles. The number of benzene rings is 2. The van der Waals surface area contributed by atoms with Crippen molar-refractivity contribution in [1.29, 1.82) is 0 Å². The van der Waals surface area contributed by atoms with E-state index in [4.69, 9.17) is 23.2 Å². The van der Waals surface area contributed by atoms with Crippen LogP contribution >= 0.6 is 35.0 Å². The molecule has 0 spiro atoms. The van der Waals surface area contributed by atoms with Gasteiger partial charge in [-0.2, -0.15) is 0 Å². The summed E-state index contributed by atoms with van der Waals surface area (Å²) in [6, 6.07) is 11.8. The molecule has 0 saturated heterocycles. The summed E-state index contributed by atoms with van der Waals surface area (Å²) in [5.41, 5.74) is 1.95. The normalized spacial score (nSPS) is 11.8. The molecule has 2 N–H and O–H groups in total. The zero-order valence-electron chi connectivity index (χ0n) is 19.7. The highest BCUT2D eigenvalue weighted by molar-refractivity contribution is 7.99. The van der Waals surface area contributed by atoms with E-state index in [1.807, 2.05) is 31.4 Å². The minimum Gasteiger partial charge on any atom is -0.342 e. The van der Waals surface area contributed by atoms with Gasteiger partial charge in [0, 0.05) is 17.3 Å². The van der Waals surface area contributed by atoms with Gasteiger partial charge in [-0.15, -0.1) is 16.8 Å². The summed E-state index contributed by atoms with van der Waals surface area (Å²) in [6.45, 7) is 10.1. The molecule has 184 valence electrons. The van der Waals surface area contributed by atoms with Crippen LogP contribution in [0.15, 0.2) is 60.3 Å². The number of halogens is 2. The van der Waals surface area contributed by atoms with Crippen LogP contribution in [0.1, 0.15) is 41.6 Å². The average Bonchev–Trinajstić information content (AvgIpc) is 3.21. The lowest BCUT2D eigenvalue weighted by Gasteiger charge is -2.23. The first-order valence-electron chi connectivity index (χ1n) is 11.0. The van der Waals surface area contributed by atoms with Crippen molar-refractivity contribution in [3.05, 3.63) is 82.1 Å². The molecule has 1 aromatic heterocycles. The van der Waals surface area contributed by atoms with Crippen LogP contribution in [0.5, 0.6) is 0 Å². The van der Waals surface area contributed by atoms with Crippen molar-refractivity contribution in [2.45, 2.75) is 38.5 Å². The second-order valence-corrected chi connectivity index (χ2v) is 9.97. The summed E-state index contributed by atoms with van der Waals surface area (Å²) < 4.78 is 1.85. The van der Waals surface area contributed by atoms with E-state index < -0.39 is 6.04 Å². The summed E-state index contributed by atoms with van der Waals surface area (Å²) in [5, 5.41) is 16.0. The van der Waals surface area contributed by atoms with Crippen LogP contribution in [-0.4, -0.2) is 32.3 Å². The van der Waals surface area contributed by atoms with Gasteiger partial charge < -0.3 is 15.2 Å². The zero-order chi connectivity index (χ0) is 25.5. The Hall–Kier alpha value is -2.81. The quantitative estimate of drug-likeness (QED) is 0.249. The highest BCUT2D eigenvalue weighted by atomic mass is 35.5. The Labute approximate surface area is 219 Å². The molecule has 0 saturated carbocycles. The number of hydrogen-bond acceptors (Lipinski definition) is 5. The fourth-order valence-corrected chi connectivity index (χ4v) is 4.49. The van der Waals surface area contributed by atoms with Gasteiger partial charge in [0.05, 0.1) is 22.4 Å². The van der Waals surface area contributed by atoms with Gasteiger partial charge in [-0.3, -0.25) is 9.59 Å². The fourth-order valence-electron chi connectivity index (χ4n) is 3.33. The van der Waals surface area contributed by atoms with Crippen molar-refractivity contribution in [3.8, 4) is 0 Å². The summed E-state index contributed by atoms with van der Waals surface area (Å²) >= 11 is 13.6. The summed E-state index contributed by atoms with van der Waals surface area (Å²) in [5.74, 6) is 0.221. The third-order valence-corrected chi connectivity index (χ3v) is 6.90. The first-order chi connectivity index (χ1) is 16.7. The maximum Gasteiger partial charge on any atom is 0.253 e. The molecule has 35 heavy (non-hydrogen) atoms. The maximum absolute atomic E-state index is 12.9. The Balaban J connectivity index is 1.76. The Morgan fingerprint density at radius 1 is 1.14 bits per heavy atom. The molecule has 0 aliphatic rings. The van der Waals surface area contributed by atoms with Crippen LogP contribution in [0.3, 0.4) is 0 Å². The minimum atomic E-state index is -0.427. The number of nitrogens with zero attached hydrogens (tertiary/aromatic N) is 3. The smallest absolute Gasteiger partial charge is 0.253 e. The van der Waals surface area contributed by atoms with Gasteiger partial charge >= 0.3 is 0 Å². The topological polar surface area (TPSA) is 88.9 Å². The van der Waals surface area contributed by atoms with Crippen molar-refractivity contribution in [2.75, 3.05) is 11.1 Å². The zero-order valence-corrected chi connectivity index (χ0v) is 22.0. The summed E-state index contributed by atoms with van der Waals surface area (Å²) in [7, 11) is 0. The van der Waals surface area contributed by atoms with E-state index in [0.717, 1.165) is 5.56 Å². The molecule has 0 aliphatic carbocycles. The molecule has 10 heteroatoms. The van der Waals surface area contributed by atoms with Crippen LogP contribution in [0.25, 0.3) is 0 Å². The van der Waals surface area contributed by atoms with Gasteiger partial charge in [0.1, 0.15) is 0 Å². The molecule has 0 fully saturated rings. The van der Waals surface area contributed by atoms with Gasteiger partial charge in [-0.1, -0.05) is 73.1 Å². The van der Waals surface area contributed by atoms with Gasteiger partial charge in [0.25, 0.3) is 5.91 Å². The Morgan fingerprint density at radius 2 is 1.89 bits per heavy atom. The van der Waals surface area contributed by atoms with Crippen LogP contribution in [0.2, 0.25) is 10.0 Å². The first kappa shape index (κ1) is 26.8. The molecule has 3 aromatic rings. The molecule has 3 rings (SSSR count). The highest BCUT2D eigenvalue weighted by Crippen LogP contribution is 2.27. The van der Waals surface area contributed by atoms with E-state index in [2.05, 4.69) is 27.4 Å². The van der Waals surface area contributed by atoms with Crippen molar-refractivity contribution < 1.29 is 9.59 Å². The number of nitrogens with one attached hydrogen (secondary N) is 2. The minimum absolute atomic E-state index is 0.0154. The van der Waals surface area contributed by atoms with Crippen LogP contribution in [-0.2, 0) is 11.3 Å². The van der Waals surface area contributed by atoms with Crippen molar-refractivity contribution in [2.24, 2.45) is 5.92 Å². The van der Waals surface area contributed by atoms with Crippen LogP contribution in [0, 0.1) is 12.8 Å². The van der Waals surface area contributed by atoms with Gasteiger partial charge in [-0.05, 0) is 42.7 Å². The molecule has 1 atom stereocenters. The van der Waals surface area contributed by atoms with Crippen LogP contribution < -0.4 is 10.6 Å². The predicted molar refractivity (Wildman–Crippen MR) is 142 cm³/mol. The lowest BCUT2D eigenvalue weighted by atomic mass is 10.0. The number of amides is 2. The molecular formula is C25H27Cl2N5O2S. The van der Waals surface area contributed by atoms with Gasteiger partial charge in [0.15, 0.2) is 11.0 Å². The number of aromatic nitrogens is 3. The predicted octanol–water partition coefficient (Wildman–Crippen LogP) is 5.94. The number of carbonyl (C=O) groups excluding carboxylic acids is 2. The van der Waals surface area contributed by atoms with Gasteiger partial charge in [0.2, 0.25) is 5.91 Å². The Kier molecular flexibility index (Phi) is 9.37. The molecular weight excluding hydrogens is 505 g/mol.